The minimum atomic E-state index is -0.726. The number of aromatic nitrogens is 1. The lowest BCUT2D eigenvalue weighted by molar-refractivity contribution is -0.135. The molecule has 1 aliphatic rings. The SMILES string of the molecule is O=C1CC(c2cc3ccccc3[nH]c2=O)c2c(c3ccccc3oc2=O)O1. The van der Waals surface area contributed by atoms with Gasteiger partial charge in [0.2, 0.25) is 0 Å². The quantitative estimate of drug-likeness (QED) is 0.417. The Bertz CT molecular complexity index is 1350. The molecule has 0 saturated carbocycles. The number of aromatic amines is 1. The van der Waals surface area contributed by atoms with Gasteiger partial charge in [-0.1, -0.05) is 30.3 Å². The highest BCUT2D eigenvalue weighted by Crippen LogP contribution is 2.40. The number of carbonyl (C=O) groups excluding carboxylic acids is 1. The van der Waals surface area contributed by atoms with Crippen LogP contribution in [0, 0.1) is 0 Å². The largest absolute Gasteiger partial charge is 0.425 e. The minimum Gasteiger partial charge on any atom is -0.425 e. The number of esters is 1. The summed E-state index contributed by atoms with van der Waals surface area (Å²) in [6.07, 6.45) is -0.0997. The maximum Gasteiger partial charge on any atom is 0.343 e. The number of carbonyl (C=O) groups is 1. The van der Waals surface area contributed by atoms with E-state index < -0.39 is 17.5 Å². The lowest BCUT2D eigenvalue weighted by Crippen LogP contribution is -2.30. The lowest BCUT2D eigenvalue weighted by Gasteiger charge is -2.24. The first-order valence-electron chi connectivity index (χ1n) is 8.50. The normalized spacial score (nSPS) is 16.3. The van der Waals surface area contributed by atoms with Gasteiger partial charge in [-0.3, -0.25) is 9.59 Å². The predicted molar refractivity (Wildman–Crippen MR) is 99.1 cm³/mol. The molecule has 0 bridgehead atoms. The summed E-state index contributed by atoms with van der Waals surface area (Å²) in [6.45, 7) is 0. The molecule has 0 spiro atoms. The van der Waals surface area contributed by atoms with E-state index in [0.717, 1.165) is 5.39 Å². The van der Waals surface area contributed by atoms with Crippen LogP contribution in [0.1, 0.15) is 23.5 Å². The highest BCUT2D eigenvalue weighted by atomic mass is 16.5. The van der Waals surface area contributed by atoms with Gasteiger partial charge < -0.3 is 14.1 Å². The van der Waals surface area contributed by atoms with Crippen LogP contribution in [0.2, 0.25) is 0 Å². The maximum absolute atomic E-state index is 12.7. The van der Waals surface area contributed by atoms with Crippen molar-refractivity contribution >= 4 is 27.8 Å². The topological polar surface area (TPSA) is 89.4 Å². The van der Waals surface area contributed by atoms with Gasteiger partial charge in [-0.05, 0) is 29.7 Å². The summed E-state index contributed by atoms with van der Waals surface area (Å²) in [7, 11) is 0. The fourth-order valence-corrected chi connectivity index (χ4v) is 3.66. The molecule has 1 aliphatic heterocycles. The third-order valence-corrected chi connectivity index (χ3v) is 4.89. The summed E-state index contributed by atoms with van der Waals surface area (Å²) in [5.41, 5.74) is 0.626. The molecule has 3 heterocycles. The van der Waals surface area contributed by atoms with E-state index in [2.05, 4.69) is 4.98 Å². The summed E-state index contributed by atoms with van der Waals surface area (Å²) in [6, 6.07) is 15.9. The molecule has 4 aromatic rings. The molecule has 0 fully saturated rings. The summed E-state index contributed by atoms with van der Waals surface area (Å²) in [5.74, 6) is -1.04. The molecule has 6 heteroatoms. The molecule has 5 rings (SSSR count). The standard InChI is InChI=1S/C21H13NO5/c23-17-10-13(14-9-11-5-1-3-7-15(11)22-20(14)24)18-19(27-17)12-6-2-4-8-16(12)26-21(18)25/h1-9,13H,10H2,(H,22,24). The Morgan fingerprint density at radius 1 is 0.963 bits per heavy atom. The first-order chi connectivity index (χ1) is 13.1. The first-order valence-corrected chi connectivity index (χ1v) is 8.50. The van der Waals surface area contributed by atoms with Crippen molar-refractivity contribution in [1.82, 2.24) is 4.98 Å². The van der Waals surface area contributed by atoms with Crippen molar-refractivity contribution in [2.45, 2.75) is 12.3 Å². The smallest absolute Gasteiger partial charge is 0.343 e. The molecule has 0 radical (unpaired) electrons. The molecule has 1 atom stereocenters. The van der Waals surface area contributed by atoms with Crippen LogP contribution in [0.15, 0.2) is 68.6 Å². The monoisotopic (exact) mass is 359 g/mol. The van der Waals surface area contributed by atoms with E-state index in [1.165, 1.54) is 0 Å². The minimum absolute atomic E-state index is 0.0997. The molecule has 1 unspecified atom stereocenters. The van der Waals surface area contributed by atoms with Gasteiger partial charge in [0, 0.05) is 17.0 Å². The van der Waals surface area contributed by atoms with Crippen LogP contribution in [-0.4, -0.2) is 11.0 Å². The maximum atomic E-state index is 12.7. The number of pyridine rings is 1. The summed E-state index contributed by atoms with van der Waals surface area (Å²) in [5, 5.41) is 1.35. The first kappa shape index (κ1) is 15.6. The van der Waals surface area contributed by atoms with Crippen LogP contribution in [-0.2, 0) is 4.79 Å². The number of nitrogens with one attached hydrogen (secondary N) is 1. The Morgan fingerprint density at radius 3 is 2.63 bits per heavy atom. The van der Waals surface area contributed by atoms with Crippen LogP contribution in [0.5, 0.6) is 5.75 Å². The van der Waals surface area contributed by atoms with Crippen molar-refractivity contribution in [2.75, 3.05) is 0 Å². The van der Waals surface area contributed by atoms with Crippen molar-refractivity contribution < 1.29 is 13.9 Å². The van der Waals surface area contributed by atoms with Gasteiger partial charge in [0.05, 0.1) is 17.4 Å². The molecule has 132 valence electrons. The Hall–Kier alpha value is -3.67. The van der Waals surface area contributed by atoms with Crippen molar-refractivity contribution in [1.29, 1.82) is 0 Å². The number of ether oxygens (including phenoxy) is 1. The van der Waals surface area contributed by atoms with Crippen molar-refractivity contribution in [2.24, 2.45) is 0 Å². The molecule has 27 heavy (non-hydrogen) atoms. The second-order valence-corrected chi connectivity index (χ2v) is 6.50. The van der Waals surface area contributed by atoms with Crippen LogP contribution in [0.3, 0.4) is 0 Å². The van der Waals surface area contributed by atoms with Crippen LogP contribution < -0.4 is 15.9 Å². The van der Waals surface area contributed by atoms with E-state index in [0.29, 0.717) is 22.0 Å². The van der Waals surface area contributed by atoms with E-state index >= 15 is 0 Å². The fourth-order valence-electron chi connectivity index (χ4n) is 3.66. The number of hydrogen-bond acceptors (Lipinski definition) is 5. The molecule has 0 amide bonds. The van der Waals surface area contributed by atoms with E-state index in [9.17, 15) is 14.4 Å². The Morgan fingerprint density at radius 2 is 1.74 bits per heavy atom. The number of benzene rings is 2. The zero-order valence-corrected chi connectivity index (χ0v) is 14.0. The average Bonchev–Trinajstić information content (AvgIpc) is 2.67. The zero-order chi connectivity index (χ0) is 18.5. The number of rotatable bonds is 1. The van der Waals surface area contributed by atoms with E-state index in [-0.39, 0.29) is 23.3 Å². The molecule has 2 aromatic heterocycles. The average molecular weight is 359 g/mol. The Balaban J connectivity index is 1.82. The molecule has 0 aliphatic carbocycles. The van der Waals surface area contributed by atoms with Crippen molar-refractivity contribution in [3.8, 4) is 5.75 Å². The number of para-hydroxylation sites is 2. The second-order valence-electron chi connectivity index (χ2n) is 6.50. The van der Waals surface area contributed by atoms with Crippen LogP contribution in [0.25, 0.3) is 21.9 Å². The summed E-state index contributed by atoms with van der Waals surface area (Å²) >= 11 is 0. The van der Waals surface area contributed by atoms with Gasteiger partial charge in [0.15, 0.2) is 5.75 Å². The lowest BCUT2D eigenvalue weighted by atomic mass is 9.87. The summed E-state index contributed by atoms with van der Waals surface area (Å²) in [4.78, 5) is 40.4. The third kappa shape index (κ3) is 2.38. The number of hydrogen-bond donors (Lipinski definition) is 1. The van der Waals surface area contributed by atoms with Gasteiger partial charge in [0.25, 0.3) is 5.56 Å². The van der Waals surface area contributed by atoms with Gasteiger partial charge in [0.1, 0.15) is 5.58 Å². The Kier molecular flexibility index (Phi) is 3.27. The molecule has 6 nitrogen and oxygen atoms in total. The van der Waals surface area contributed by atoms with E-state index in [1.807, 2.05) is 18.2 Å². The van der Waals surface area contributed by atoms with Gasteiger partial charge in [-0.25, -0.2) is 4.79 Å². The van der Waals surface area contributed by atoms with Crippen molar-refractivity contribution in [3.05, 3.63) is 86.5 Å². The summed E-state index contributed by atoms with van der Waals surface area (Å²) < 4.78 is 10.8. The van der Waals surface area contributed by atoms with Crippen LogP contribution in [0.4, 0.5) is 0 Å². The van der Waals surface area contributed by atoms with Gasteiger partial charge >= 0.3 is 11.6 Å². The number of H-pyrrole nitrogens is 1. The van der Waals surface area contributed by atoms with E-state index in [1.54, 1.807) is 36.4 Å². The molecular formula is C21H13NO5. The highest BCUT2D eigenvalue weighted by molar-refractivity contribution is 5.90. The molecule has 2 aromatic carbocycles. The number of fused-ring (bicyclic) bond motifs is 4. The van der Waals surface area contributed by atoms with Crippen molar-refractivity contribution in [3.63, 3.8) is 0 Å². The molecule has 1 N–H and O–H groups in total. The second kappa shape index (κ2) is 5.67. The van der Waals surface area contributed by atoms with Gasteiger partial charge in [-0.15, -0.1) is 0 Å². The third-order valence-electron chi connectivity index (χ3n) is 4.89. The molecule has 0 saturated heterocycles. The highest BCUT2D eigenvalue weighted by Gasteiger charge is 2.35. The van der Waals surface area contributed by atoms with Crippen LogP contribution >= 0.6 is 0 Å². The predicted octanol–water partition coefficient (Wildman–Crippen LogP) is 3.08. The van der Waals surface area contributed by atoms with E-state index in [4.69, 9.17) is 9.15 Å². The fraction of sp³-hybridized carbons (Fsp3) is 0.0952. The molecular weight excluding hydrogens is 346 g/mol. The zero-order valence-electron chi connectivity index (χ0n) is 14.0. The Labute approximate surface area is 152 Å². The van der Waals surface area contributed by atoms with Gasteiger partial charge in [-0.2, -0.15) is 0 Å².